The largest absolute Gasteiger partial charge is 0.411 e. The maximum absolute atomic E-state index is 11.8. The molecular weight excluding hydrogens is 251 g/mol. The molecule has 1 aliphatic rings. The van der Waals surface area contributed by atoms with Gasteiger partial charge in [0.05, 0.1) is 12.5 Å². The SMILES string of the molecule is FC(F)(F)COCCc1noc(C2CCNC2)n1. The molecule has 1 fully saturated rings. The smallest absolute Gasteiger partial charge is 0.372 e. The minimum atomic E-state index is -4.29. The average molecular weight is 265 g/mol. The van der Waals surface area contributed by atoms with Crippen LogP contribution in [0.15, 0.2) is 4.52 Å². The number of nitrogens with zero attached hydrogens (tertiary/aromatic N) is 2. The Kier molecular flexibility index (Phi) is 4.18. The third kappa shape index (κ3) is 3.95. The van der Waals surface area contributed by atoms with Gasteiger partial charge in [-0.15, -0.1) is 0 Å². The molecule has 1 atom stereocenters. The summed E-state index contributed by atoms with van der Waals surface area (Å²) in [5.41, 5.74) is 0. The van der Waals surface area contributed by atoms with Crippen molar-refractivity contribution >= 4 is 0 Å². The Morgan fingerprint density at radius 2 is 2.28 bits per heavy atom. The minimum absolute atomic E-state index is 0.0681. The highest BCUT2D eigenvalue weighted by Crippen LogP contribution is 2.20. The number of alkyl halides is 3. The second kappa shape index (κ2) is 5.66. The minimum Gasteiger partial charge on any atom is -0.372 e. The Labute approximate surface area is 102 Å². The van der Waals surface area contributed by atoms with Crippen LogP contribution in [0.25, 0.3) is 0 Å². The zero-order valence-corrected chi connectivity index (χ0v) is 9.66. The molecule has 0 amide bonds. The summed E-state index contributed by atoms with van der Waals surface area (Å²) in [5.74, 6) is 1.15. The van der Waals surface area contributed by atoms with E-state index in [0.717, 1.165) is 19.5 Å². The van der Waals surface area contributed by atoms with Crippen LogP contribution in [0.1, 0.15) is 24.1 Å². The second-order valence-electron chi connectivity index (χ2n) is 4.16. The molecule has 1 aliphatic heterocycles. The highest BCUT2D eigenvalue weighted by Gasteiger charge is 2.27. The van der Waals surface area contributed by atoms with Crippen molar-refractivity contribution in [2.75, 3.05) is 26.3 Å². The molecule has 0 aromatic carbocycles. The molecule has 8 heteroatoms. The van der Waals surface area contributed by atoms with Gasteiger partial charge in [-0.05, 0) is 13.0 Å². The summed E-state index contributed by atoms with van der Waals surface area (Å²) in [4.78, 5) is 4.15. The van der Waals surface area contributed by atoms with E-state index in [0.29, 0.717) is 11.7 Å². The van der Waals surface area contributed by atoms with Crippen LogP contribution in [-0.4, -0.2) is 42.6 Å². The number of ether oxygens (including phenoxy) is 1. The molecule has 102 valence electrons. The molecule has 0 radical (unpaired) electrons. The third-order valence-corrected chi connectivity index (χ3v) is 2.63. The predicted molar refractivity (Wildman–Crippen MR) is 55.1 cm³/mol. The van der Waals surface area contributed by atoms with Gasteiger partial charge in [-0.1, -0.05) is 5.16 Å². The van der Waals surface area contributed by atoms with E-state index in [2.05, 4.69) is 20.2 Å². The number of rotatable bonds is 5. The summed E-state index contributed by atoms with van der Waals surface area (Å²) >= 11 is 0. The van der Waals surface area contributed by atoms with Crippen molar-refractivity contribution in [2.45, 2.75) is 24.9 Å². The highest BCUT2D eigenvalue weighted by molar-refractivity contribution is 4.98. The van der Waals surface area contributed by atoms with Gasteiger partial charge in [0, 0.05) is 13.0 Å². The van der Waals surface area contributed by atoms with Gasteiger partial charge in [-0.25, -0.2) is 0 Å². The van der Waals surface area contributed by atoms with Gasteiger partial charge in [-0.2, -0.15) is 18.2 Å². The standard InChI is InChI=1S/C10H14F3N3O2/c11-10(12,13)6-17-4-2-8-15-9(18-16-8)7-1-3-14-5-7/h7,14H,1-6H2. The zero-order chi connectivity index (χ0) is 13.0. The van der Waals surface area contributed by atoms with Gasteiger partial charge >= 0.3 is 6.18 Å². The van der Waals surface area contributed by atoms with Crippen molar-refractivity contribution in [3.63, 3.8) is 0 Å². The number of nitrogens with one attached hydrogen (secondary N) is 1. The molecule has 0 saturated carbocycles. The molecule has 0 bridgehead atoms. The number of hydrogen-bond acceptors (Lipinski definition) is 5. The highest BCUT2D eigenvalue weighted by atomic mass is 19.4. The first-order chi connectivity index (χ1) is 8.54. The molecule has 1 aromatic heterocycles. The van der Waals surface area contributed by atoms with Crippen LogP contribution in [0.2, 0.25) is 0 Å². The van der Waals surface area contributed by atoms with E-state index >= 15 is 0 Å². The van der Waals surface area contributed by atoms with Crippen LogP contribution in [0.5, 0.6) is 0 Å². The lowest BCUT2D eigenvalue weighted by Crippen LogP contribution is -2.18. The van der Waals surface area contributed by atoms with Crippen LogP contribution in [0, 0.1) is 0 Å². The fourth-order valence-corrected chi connectivity index (χ4v) is 1.75. The van der Waals surface area contributed by atoms with E-state index in [1.807, 2.05) is 0 Å². The summed E-state index contributed by atoms with van der Waals surface area (Å²) in [6, 6.07) is 0. The lowest BCUT2D eigenvalue weighted by atomic mass is 10.1. The van der Waals surface area contributed by atoms with Gasteiger partial charge in [0.1, 0.15) is 6.61 Å². The van der Waals surface area contributed by atoms with E-state index in [1.54, 1.807) is 0 Å². The molecule has 5 nitrogen and oxygen atoms in total. The molecule has 2 heterocycles. The number of halogens is 3. The van der Waals surface area contributed by atoms with Gasteiger partial charge in [-0.3, -0.25) is 0 Å². The van der Waals surface area contributed by atoms with Crippen LogP contribution in [-0.2, 0) is 11.2 Å². The first-order valence-corrected chi connectivity index (χ1v) is 5.72. The Morgan fingerprint density at radius 1 is 1.44 bits per heavy atom. The molecule has 1 N–H and O–H groups in total. The fraction of sp³-hybridized carbons (Fsp3) is 0.800. The van der Waals surface area contributed by atoms with E-state index in [9.17, 15) is 13.2 Å². The van der Waals surface area contributed by atoms with Crippen molar-refractivity contribution < 1.29 is 22.4 Å². The molecule has 2 rings (SSSR count). The predicted octanol–water partition coefficient (Wildman–Crippen LogP) is 1.27. The molecule has 0 spiro atoms. The van der Waals surface area contributed by atoms with Crippen LogP contribution >= 0.6 is 0 Å². The number of hydrogen-bond donors (Lipinski definition) is 1. The maximum Gasteiger partial charge on any atom is 0.411 e. The van der Waals surface area contributed by atoms with Crippen LogP contribution < -0.4 is 5.32 Å². The molecule has 0 aliphatic carbocycles. The summed E-state index contributed by atoms with van der Waals surface area (Å²) in [6.07, 6.45) is -3.14. The summed E-state index contributed by atoms with van der Waals surface area (Å²) in [6.45, 7) is 0.398. The molecule has 1 saturated heterocycles. The Morgan fingerprint density at radius 3 is 2.94 bits per heavy atom. The first kappa shape index (κ1) is 13.3. The second-order valence-corrected chi connectivity index (χ2v) is 4.16. The monoisotopic (exact) mass is 265 g/mol. The number of aromatic nitrogens is 2. The van der Waals surface area contributed by atoms with Crippen molar-refractivity contribution in [3.8, 4) is 0 Å². The maximum atomic E-state index is 11.8. The zero-order valence-electron chi connectivity index (χ0n) is 9.66. The quantitative estimate of drug-likeness (QED) is 0.812. The molecule has 1 aromatic rings. The summed E-state index contributed by atoms with van der Waals surface area (Å²) in [7, 11) is 0. The Bertz CT molecular complexity index is 375. The fourth-order valence-electron chi connectivity index (χ4n) is 1.75. The Hall–Kier alpha value is -1.15. The Balaban J connectivity index is 1.73. The van der Waals surface area contributed by atoms with Crippen LogP contribution in [0.3, 0.4) is 0 Å². The van der Waals surface area contributed by atoms with Crippen LogP contribution in [0.4, 0.5) is 13.2 Å². The van der Waals surface area contributed by atoms with Gasteiger partial charge in [0.15, 0.2) is 5.82 Å². The van der Waals surface area contributed by atoms with E-state index in [4.69, 9.17) is 4.52 Å². The lowest BCUT2D eigenvalue weighted by molar-refractivity contribution is -0.173. The van der Waals surface area contributed by atoms with Gasteiger partial charge in [0.25, 0.3) is 0 Å². The third-order valence-electron chi connectivity index (χ3n) is 2.63. The average Bonchev–Trinajstić information content (AvgIpc) is 2.93. The molecular formula is C10H14F3N3O2. The topological polar surface area (TPSA) is 60.2 Å². The van der Waals surface area contributed by atoms with Crippen molar-refractivity contribution in [2.24, 2.45) is 0 Å². The van der Waals surface area contributed by atoms with Crippen molar-refractivity contribution in [3.05, 3.63) is 11.7 Å². The van der Waals surface area contributed by atoms with Crippen molar-refractivity contribution in [1.82, 2.24) is 15.5 Å². The van der Waals surface area contributed by atoms with Gasteiger partial charge in [0.2, 0.25) is 5.89 Å². The van der Waals surface area contributed by atoms with Crippen molar-refractivity contribution in [1.29, 1.82) is 0 Å². The normalized spacial score (nSPS) is 20.5. The lowest BCUT2D eigenvalue weighted by Gasteiger charge is -2.05. The van der Waals surface area contributed by atoms with E-state index in [1.165, 1.54) is 0 Å². The molecule has 1 unspecified atom stereocenters. The van der Waals surface area contributed by atoms with Gasteiger partial charge < -0.3 is 14.6 Å². The first-order valence-electron chi connectivity index (χ1n) is 5.72. The summed E-state index contributed by atoms with van der Waals surface area (Å²) < 4.78 is 45.0. The van der Waals surface area contributed by atoms with E-state index < -0.39 is 12.8 Å². The summed E-state index contributed by atoms with van der Waals surface area (Å²) in [5, 5.41) is 6.89. The van der Waals surface area contributed by atoms with E-state index in [-0.39, 0.29) is 18.9 Å². The molecule has 18 heavy (non-hydrogen) atoms.